The van der Waals surface area contributed by atoms with Crippen LogP contribution in [0.15, 0.2) is 48.5 Å². The molecule has 0 heterocycles. The van der Waals surface area contributed by atoms with Gasteiger partial charge in [-0.25, -0.2) is 4.39 Å². The van der Waals surface area contributed by atoms with Crippen LogP contribution in [0.25, 0.3) is 0 Å². The summed E-state index contributed by atoms with van der Waals surface area (Å²) < 4.78 is 12.7. The number of carbonyl (C=O) groups excluding carboxylic acids is 1. The molecule has 0 aliphatic heterocycles. The lowest BCUT2D eigenvalue weighted by Gasteiger charge is -2.05. The summed E-state index contributed by atoms with van der Waals surface area (Å²) in [5.41, 5.74) is 1.72. The summed E-state index contributed by atoms with van der Waals surface area (Å²) in [5, 5.41) is 11.3. The van der Waals surface area contributed by atoms with Crippen LogP contribution in [0.4, 0.5) is 10.1 Å². The van der Waals surface area contributed by atoms with Gasteiger partial charge in [0.05, 0.1) is 0 Å². The van der Waals surface area contributed by atoms with Gasteiger partial charge in [0.2, 0.25) is 0 Å². The average molecular weight is 269 g/mol. The van der Waals surface area contributed by atoms with E-state index in [-0.39, 0.29) is 18.3 Å². The van der Waals surface area contributed by atoms with E-state index in [1.807, 2.05) is 0 Å². The monoisotopic (exact) mass is 269 g/mol. The van der Waals surface area contributed by atoms with Crippen molar-refractivity contribution >= 4 is 11.6 Å². The van der Waals surface area contributed by atoms with Crippen molar-refractivity contribution in [2.75, 3.05) is 11.9 Å². The van der Waals surface area contributed by atoms with Crippen LogP contribution in [-0.4, -0.2) is 17.6 Å². The van der Waals surface area contributed by atoms with Crippen molar-refractivity contribution in [3.8, 4) is 11.8 Å². The summed E-state index contributed by atoms with van der Waals surface area (Å²) in [6.07, 6.45) is 0. The Morgan fingerprint density at radius 2 is 1.75 bits per heavy atom. The molecule has 0 aliphatic carbocycles. The summed E-state index contributed by atoms with van der Waals surface area (Å²) in [5.74, 6) is 4.64. The van der Waals surface area contributed by atoms with Gasteiger partial charge in [-0.2, -0.15) is 0 Å². The van der Waals surface area contributed by atoms with E-state index in [2.05, 4.69) is 17.2 Å². The molecule has 0 aromatic heterocycles. The molecular weight excluding hydrogens is 257 g/mol. The summed E-state index contributed by atoms with van der Waals surface area (Å²) >= 11 is 0. The maximum atomic E-state index is 12.7. The summed E-state index contributed by atoms with van der Waals surface area (Å²) in [6.45, 7) is -0.202. The highest BCUT2D eigenvalue weighted by atomic mass is 19.1. The average Bonchev–Trinajstić information content (AvgIpc) is 2.48. The normalized spacial score (nSPS) is 9.50. The van der Waals surface area contributed by atoms with Crippen LogP contribution in [0.1, 0.15) is 15.9 Å². The largest absolute Gasteiger partial charge is 0.384 e. The van der Waals surface area contributed by atoms with Crippen molar-refractivity contribution in [2.45, 2.75) is 0 Å². The molecule has 100 valence electrons. The first-order valence-corrected chi connectivity index (χ1v) is 5.96. The minimum atomic E-state index is -0.352. The second-order valence-electron chi connectivity index (χ2n) is 4.00. The van der Waals surface area contributed by atoms with Crippen molar-refractivity contribution in [3.63, 3.8) is 0 Å². The number of anilines is 1. The molecule has 20 heavy (non-hydrogen) atoms. The molecule has 4 heteroatoms. The van der Waals surface area contributed by atoms with E-state index < -0.39 is 0 Å². The molecule has 0 radical (unpaired) electrons. The van der Waals surface area contributed by atoms with E-state index in [0.29, 0.717) is 11.3 Å². The van der Waals surface area contributed by atoms with E-state index in [1.54, 1.807) is 24.3 Å². The second-order valence-corrected chi connectivity index (χ2v) is 4.00. The minimum absolute atomic E-state index is 0.202. The lowest BCUT2D eigenvalue weighted by molar-refractivity contribution is 0.102. The SMILES string of the molecule is O=C(Nc1ccc(F)cc1)c1ccc(C#CCO)cc1. The van der Waals surface area contributed by atoms with Crippen molar-refractivity contribution in [2.24, 2.45) is 0 Å². The van der Waals surface area contributed by atoms with Crippen molar-refractivity contribution in [1.82, 2.24) is 0 Å². The lowest BCUT2D eigenvalue weighted by atomic mass is 10.1. The van der Waals surface area contributed by atoms with Crippen LogP contribution in [0.2, 0.25) is 0 Å². The highest BCUT2D eigenvalue weighted by Crippen LogP contribution is 2.11. The Kier molecular flexibility index (Phi) is 4.48. The van der Waals surface area contributed by atoms with E-state index in [9.17, 15) is 9.18 Å². The van der Waals surface area contributed by atoms with Crippen molar-refractivity contribution in [1.29, 1.82) is 0 Å². The Balaban J connectivity index is 2.07. The van der Waals surface area contributed by atoms with E-state index in [1.165, 1.54) is 24.3 Å². The number of halogens is 1. The zero-order chi connectivity index (χ0) is 14.4. The predicted octanol–water partition coefficient (Wildman–Crippen LogP) is 2.42. The number of aliphatic hydroxyl groups is 1. The number of amides is 1. The second kappa shape index (κ2) is 6.50. The van der Waals surface area contributed by atoms with Gasteiger partial charge in [-0.15, -0.1) is 0 Å². The van der Waals surface area contributed by atoms with E-state index >= 15 is 0 Å². The zero-order valence-electron chi connectivity index (χ0n) is 10.6. The zero-order valence-corrected chi connectivity index (χ0v) is 10.6. The van der Waals surface area contributed by atoms with Crippen molar-refractivity contribution < 1.29 is 14.3 Å². The number of nitrogens with one attached hydrogen (secondary N) is 1. The van der Waals surface area contributed by atoms with Gasteiger partial charge in [0.1, 0.15) is 12.4 Å². The Morgan fingerprint density at radius 1 is 1.10 bits per heavy atom. The van der Waals surface area contributed by atoms with Gasteiger partial charge in [-0.3, -0.25) is 4.79 Å². The smallest absolute Gasteiger partial charge is 0.255 e. The predicted molar refractivity (Wildman–Crippen MR) is 74.8 cm³/mol. The summed E-state index contributed by atoms with van der Waals surface area (Å²) in [6, 6.07) is 12.2. The molecular formula is C16H12FNO2. The first-order valence-electron chi connectivity index (χ1n) is 5.96. The van der Waals surface area contributed by atoms with Crippen LogP contribution in [-0.2, 0) is 0 Å². The molecule has 0 atom stereocenters. The highest BCUT2D eigenvalue weighted by Gasteiger charge is 2.05. The maximum absolute atomic E-state index is 12.7. The molecule has 0 aliphatic rings. The first-order chi connectivity index (χ1) is 9.69. The molecule has 2 aromatic rings. The highest BCUT2D eigenvalue weighted by molar-refractivity contribution is 6.04. The molecule has 2 N–H and O–H groups in total. The summed E-state index contributed by atoms with van der Waals surface area (Å²) in [7, 11) is 0. The molecule has 0 fully saturated rings. The van der Waals surface area contributed by atoms with Crippen LogP contribution in [0, 0.1) is 17.7 Å². The third-order valence-corrected chi connectivity index (χ3v) is 2.56. The quantitative estimate of drug-likeness (QED) is 0.823. The van der Waals surface area contributed by atoms with Crippen LogP contribution in [0.5, 0.6) is 0 Å². The Bertz CT molecular complexity index is 652. The van der Waals surface area contributed by atoms with Gasteiger partial charge in [-0.1, -0.05) is 11.8 Å². The molecule has 0 saturated carbocycles. The van der Waals surface area contributed by atoms with Gasteiger partial charge in [0.15, 0.2) is 0 Å². The number of carbonyl (C=O) groups is 1. The fourth-order valence-corrected chi connectivity index (χ4v) is 1.58. The Morgan fingerprint density at radius 3 is 2.35 bits per heavy atom. The molecule has 1 amide bonds. The lowest BCUT2D eigenvalue weighted by Crippen LogP contribution is -2.11. The first kappa shape index (κ1) is 13.8. The molecule has 0 saturated heterocycles. The van der Waals surface area contributed by atoms with Gasteiger partial charge in [-0.05, 0) is 48.5 Å². The van der Waals surface area contributed by atoms with Gasteiger partial charge in [0, 0.05) is 16.8 Å². The topological polar surface area (TPSA) is 49.3 Å². The maximum Gasteiger partial charge on any atom is 0.255 e. The van der Waals surface area contributed by atoms with Gasteiger partial charge < -0.3 is 10.4 Å². The van der Waals surface area contributed by atoms with Crippen LogP contribution < -0.4 is 5.32 Å². The molecule has 0 spiro atoms. The summed E-state index contributed by atoms with van der Waals surface area (Å²) in [4.78, 5) is 11.9. The van der Waals surface area contributed by atoms with Crippen LogP contribution in [0.3, 0.4) is 0 Å². The van der Waals surface area contributed by atoms with E-state index in [0.717, 1.165) is 5.56 Å². The fourth-order valence-electron chi connectivity index (χ4n) is 1.58. The molecule has 3 nitrogen and oxygen atoms in total. The Labute approximate surface area is 116 Å². The standard InChI is InChI=1S/C16H12FNO2/c17-14-7-9-15(10-8-14)18-16(20)13-5-3-12(4-6-13)2-1-11-19/h3-10,19H,11H2,(H,18,20). The number of hydrogen-bond acceptors (Lipinski definition) is 2. The van der Waals surface area contributed by atoms with Crippen molar-refractivity contribution in [3.05, 3.63) is 65.5 Å². The van der Waals surface area contributed by atoms with Gasteiger partial charge in [0.25, 0.3) is 5.91 Å². The third kappa shape index (κ3) is 3.67. The van der Waals surface area contributed by atoms with Gasteiger partial charge >= 0.3 is 0 Å². The number of rotatable bonds is 2. The molecule has 0 unspecified atom stereocenters. The fraction of sp³-hybridized carbons (Fsp3) is 0.0625. The number of aliphatic hydroxyl groups excluding tert-OH is 1. The minimum Gasteiger partial charge on any atom is -0.384 e. The van der Waals surface area contributed by atoms with Crippen LogP contribution >= 0.6 is 0 Å². The Hall–Kier alpha value is -2.64. The van der Waals surface area contributed by atoms with E-state index in [4.69, 9.17) is 5.11 Å². The molecule has 2 rings (SSSR count). The third-order valence-electron chi connectivity index (χ3n) is 2.56. The molecule has 0 bridgehead atoms. The molecule has 2 aromatic carbocycles. The number of benzene rings is 2. The number of hydrogen-bond donors (Lipinski definition) is 2.